The highest BCUT2D eigenvalue weighted by Gasteiger charge is 2.09. The molecule has 1 heterocycles. The molecule has 1 aromatic heterocycles. The average molecular weight is 346 g/mol. The molecule has 0 aliphatic heterocycles. The van der Waals surface area contributed by atoms with E-state index in [1.807, 2.05) is 42.3 Å². The van der Waals surface area contributed by atoms with E-state index in [9.17, 15) is 0 Å². The third kappa shape index (κ3) is 3.70. The van der Waals surface area contributed by atoms with Crippen LogP contribution in [-0.2, 0) is 0 Å². The van der Waals surface area contributed by atoms with Crippen molar-refractivity contribution in [2.45, 2.75) is 0 Å². The second-order valence-corrected chi connectivity index (χ2v) is 5.63. The third-order valence-corrected chi connectivity index (χ3v) is 3.77. The van der Waals surface area contributed by atoms with Gasteiger partial charge in [0.15, 0.2) is 5.82 Å². The van der Waals surface area contributed by atoms with Crippen LogP contribution in [0.1, 0.15) is 0 Å². The molecular formula is C16H13Cl2N5. The van der Waals surface area contributed by atoms with Gasteiger partial charge in [0.05, 0.1) is 16.9 Å². The lowest BCUT2D eigenvalue weighted by Gasteiger charge is -2.18. The van der Waals surface area contributed by atoms with Crippen LogP contribution in [0.15, 0.2) is 54.7 Å². The fraction of sp³-hybridized carbons (Fsp3) is 0.0625. The van der Waals surface area contributed by atoms with Crippen LogP contribution >= 0.6 is 23.2 Å². The zero-order valence-electron chi connectivity index (χ0n) is 12.2. The predicted molar refractivity (Wildman–Crippen MR) is 94.1 cm³/mol. The van der Waals surface area contributed by atoms with Gasteiger partial charge in [0.25, 0.3) is 0 Å². The molecule has 0 aliphatic carbocycles. The molecule has 0 saturated heterocycles. The van der Waals surface area contributed by atoms with Crippen LogP contribution in [0, 0.1) is 0 Å². The minimum atomic E-state index is 0.342. The zero-order chi connectivity index (χ0) is 16.2. The largest absolute Gasteiger partial charge is 0.328 e. The quantitative estimate of drug-likeness (QED) is 0.743. The summed E-state index contributed by atoms with van der Waals surface area (Å²) in [5.74, 6) is 1.00. The van der Waals surface area contributed by atoms with Crippen molar-refractivity contribution in [2.75, 3.05) is 17.3 Å². The second-order valence-electron chi connectivity index (χ2n) is 4.78. The number of aromatic nitrogens is 3. The standard InChI is InChI=1S/C16H13Cl2N5/c1-23(12-5-3-2-4-6-12)15-10-19-22-16(21-15)20-14-9-11(17)7-8-13(14)18/h2-10H,1H3,(H,20,21,22). The molecule has 0 aliphatic rings. The molecule has 0 spiro atoms. The van der Waals surface area contributed by atoms with Crippen molar-refractivity contribution in [2.24, 2.45) is 0 Å². The Balaban J connectivity index is 1.87. The van der Waals surface area contributed by atoms with Crippen LogP contribution in [0.2, 0.25) is 10.0 Å². The Morgan fingerprint density at radius 1 is 1.04 bits per heavy atom. The maximum atomic E-state index is 6.14. The molecule has 0 saturated carbocycles. The normalized spacial score (nSPS) is 10.4. The molecular weight excluding hydrogens is 333 g/mol. The molecule has 0 fully saturated rings. The smallest absolute Gasteiger partial charge is 0.249 e. The summed E-state index contributed by atoms with van der Waals surface area (Å²) in [6, 6.07) is 15.0. The minimum Gasteiger partial charge on any atom is -0.328 e. The molecule has 1 N–H and O–H groups in total. The van der Waals surface area contributed by atoms with Gasteiger partial charge in [0.1, 0.15) is 0 Å². The van der Waals surface area contributed by atoms with Crippen molar-refractivity contribution >= 4 is 46.3 Å². The summed E-state index contributed by atoms with van der Waals surface area (Å²) in [6.45, 7) is 0. The topological polar surface area (TPSA) is 53.9 Å². The van der Waals surface area contributed by atoms with Crippen LogP contribution in [0.25, 0.3) is 0 Å². The molecule has 23 heavy (non-hydrogen) atoms. The Bertz CT molecular complexity index is 811. The van der Waals surface area contributed by atoms with Gasteiger partial charge in [-0.3, -0.25) is 0 Å². The number of rotatable bonds is 4. The van der Waals surface area contributed by atoms with E-state index in [0.717, 1.165) is 5.69 Å². The average Bonchev–Trinajstić information content (AvgIpc) is 2.58. The molecule has 3 aromatic rings. The molecule has 0 amide bonds. The van der Waals surface area contributed by atoms with Crippen LogP contribution in [0.4, 0.5) is 23.1 Å². The molecule has 3 rings (SSSR count). The first-order chi connectivity index (χ1) is 11.1. The van der Waals surface area contributed by atoms with Crippen molar-refractivity contribution < 1.29 is 0 Å². The van der Waals surface area contributed by atoms with Crippen LogP contribution < -0.4 is 10.2 Å². The summed E-state index contributed by atoms with van der Waals surface area (Å²) in [4.78, 5) is 6.37. The molecule has 0 atom stereocenters. The van der Waals surface area contributed by atoms with Crippen LogP contribution in [-0.4, -0.2) is 22.2 Å². The van der Waals surface area contributed by atoms with Gasteiger partial charge < -0.3 is 10.2 Å². The third-order valence-electron chi connectivity index (χ3n) is 3.21. The first kappa shape index (κ1) is 15.5. The van der Waals surface area contributed by atoms with Crippen molar-refractivity contribution in [3.8, 4) is 0 Å². The zero-order valence-corrected chi connectivity index (χ0v) is 13.8. The summed E-state index contributed by atoms with van der Waals surface area (Å²) in [5, 5.41) is 12.1. The first-order valence-corrected chi connectivity index (χ1v) is 7.59. The van der Waals surface area contributed by atoms with Gasteiger partial charge in [0.2, 0.25) is 5.95 Å². The number of hydrogen-bond donors (Lipinski definition) is 1. The molecule has 0 unspecified atom stereocenters. The Labute approximate surface area is 143 Å². The van der Waals surface area contributed by atoms with Gasteiger partial charge >= 0.3 is 0 Å². The SMILES string of the molecule is CN(c1ccccc1)c1cnnc(Nc2cc(Cl)ccc2Cl)n1. The van der Waals surface area contributed by atoms with Gasteiger partial charge in [0, 0.05) is 17.8 Å². The number of nitrogens with one attached hydrogen (secondary N) is 1. The van der Waals surface area contributed by atoms with E-state index in [4.69, 9.17) is 23.2 Å². The predicted octanol–water partition coefficient (Wildman–Crippen LogP) is 4.69. The second kappa shape index (κ2) is 6.81. The highest BCUT2D eigenvalue weighted by atomic mass is 35.5. The van der Waals surface area contributed by atoms with E-state index < -0.39 is 0 Å². The summed E-state index contributed by atoms with van der Waals surface area (Å²) in [5.41, 5.74) is 1.63. The van der Waals surface area contributed by atoms with Gasteiger partial charge in [-0.2, -0.15) is 10.1 Å². The molecule has 116 valence electrons. The minimum absolute atomic E-state index is 0.342. The number of nitrogens with zero attached hydrogens (tertiary/aromatic N) is 4. The Hall–Kier alpha value is -2.37. The number of benzene rings is 2. The number of anilines is 4. The maximum absolute atomic E-state index is 6.14. The number of hydrogen-bond acceptors (Lipinski definition) is 5. The van der Waals surface area contributed by atoms with Crippen LogP contribution in [0.5, 0.6) is 0 Å². The van der Waals surface area contributed by atoms with Crippen molar-refractivity contribution in [1.82, 2.24) is 15.2 Å². The lowest BCUT2D eigenvalue weighted by molar-refractivity contribution is 0.957. The molecule has 2 aromatic carbocycles. The van der Waals surface area contributed by atoms with Gasteiger partial charge in [-0.25, -0.2) is 0 Å². The lowest BCUT2D eigenvalue weighted by Crippen LogP contribution is -2.13. The Morgan fingerprint density at radius 2 is 1.83 bits per heavy atom. The van der Waals surface area contributed by atoms with E-state index in [2.05, 4.69) is 20.5 Å². The number of halogens is 2. The van der Waals surface area contributed by atoms with Gasteiger partial charge in [-0.1, -0.05) is 41.4 Å². The summed E-state index contributed by atoms with van der Waals surface area (Å²) < 4.78 is 0. The highest BCUT2D eigenvalue weighted by molar-refractivity contribution is 6.35. The van der Waals surface area contributed by atoms with E-state index >= 15 is 0 Å². The lowest BCUT2D eigenvalue weighted by atomic mass is 10.3. The Kier molecular flexibility index (Phi) is 4.60. The van der Waals surface area contributed by atoms with Crippen molar-refractivity contribution in [3.63, 3.8) is 0 Å². The highest BCUT2D eigenvalue weighted by Crippen LogP contribution is 2.28. The van der Waals surface area contributed by atoms with Crippen molar-refractivity contribution in [3.05, 3.63) is 64.8 Å². The van der Waals surface area contributed by atoms with E-state index in [1.54, 1.807) is 24.4 Å². The molecule has 5 nitrogen and oxygen atoms in total. The summed E-state index contributed by atoms with van der Waals surface area (Å²) in [7, 11) is 1.91. The van der Waals surface area contributed by atoms with E-state index in [0.29, 0.717) is 27.5 Å². The van der Waals surface area contributed by atoms with Crippen LogP contribution in [0.3, 0.4) is 0 Å². The van der Waals surface area contributed by atoms with E-state index in [-0.39, 0.29) is 0 Å². The molecule has 0 radical (unpaired) electrons. The fourth-order valence-corrected chi connectivity index (χ4v) is 2.34. The summed E-state index contributed by atoms with van der Waals surface area (Å²) >= 11 is 12.1. The van der Waals surface area contributed by atoms with E-state index in [1.165, 1.54) is 0 Å². The number of para-hydroxylation sites is 1. The van der Waals surface area contributed by atoms with Gasteiger partial charge in [-0.15, -0.1) is 5.10 Å². The summed E-state index contributed by atoms with van der Waals surface area (Å²) in [6.07, 6.45) is 1.59. The van der Waals surface area contributed by atoms with Gasteiger partial charge in [-0.05, 0) is 30.3 Å². The fourth-order valence-electron chi connectivity index (χ4n) is 2.01. The first-order valence-electron chi connectivity index (χ1n) is 6.84. The van der Waals surface area contributed by atoms with Crippen molar-refractivity contribution in [1.29, 1.82) is 0 Å². The monoisotopic (exact) mass is 345 g/mol. The Morgan fingerprint density at radius 3 is 2.61 bits per heavy atom. The molecule has 7 heteroatoms. The molecule has 0 bridgehead atoms. The maximum Gasteiger partial charge on any atom is 0.249 e.